The van der Waals surface area contributed by atoms with Crippen LogP contribution in [-0.4, -0.2) is 78.9 Å². The van der Waals surface area contributed by atoms with Gasteiger partial charge in [-0.1, -0.05) is 79.7 Å². The lowest BCUT2D eigenvalue weighted by Gasteiger charge is -2.44. The number of benzene rings is 4. The van der Waals surface area contributed by atoms with E-state index in [9.17, 15) is 24.8 Å². The molecule has 2 heterocycles. The zero-order valence-electron chi connectivity index (χ0n) is 30.6. The summed E-state index contributed by atoms with van der Waals surface area (Å²) in [5.41, 5.74) is 6.63. The van der Waals surface area contributed by atoms with Crippen molar-refractivity contribution in [2.24, 2.45) is 5.92 Å². The number of carbonyl (C=O) groups excluding carboxylic acids is 2. The predicted octanol–water partition coefficient (Wildman–Crippen LogP) is 5.73. The number of nitro groups is 1. The maximum atomic E-state index is 12.3. The molecule has 2 saturated heterocycles. The van der Waals surface area contributed by atoms with Gasteiger partial charge in [0.15, 0.2) is 6.29 Å². The van der Waals surface area contributed by atoms with Crippen molar-refractivity contribution in [1.82, 2.24) is 15.5 Å². The molecule has 2 amide bonds. The lowest BCUT2D eigenvalue weighted by Crippen LogP contribution is -2.51. The molecule has 4 unspecified atom stereocenters. The van der Waals surface area contributed by atoms with Crippen molar-refractivity contribution in [3.05, 3.63) is 129 Å². The standard InChI is InChI=1S/C41H47N5O8/c1-3-52-38(48)25-43-41(49)42-24-33-6-4-5-7-36(33)30-12-14-32(15-13-30)40-53-37(28(2)39(54-40)31-10-8-29(27-47)9-11-31)26-44-20-22-45(23-21-44)34-16-18-35(19-17-34)46(50)51/h4-19,28,37,39-40,47H,3,20-27H2,1-2H3,(H2,42,43,49). The van der Waals surface area contributed by atoms with Gasteiger partial charge in [-0.25, -0.2) is 4.79 Å². The average molecular weight is 738 g/mol. The molecule has 6 rings (SSSR count). The highest BCUT2D eigenvalue weighted by molar-refractivity contribution is 5.81. The van der Waals surface area contributed by atoms with Crippen LogP contribution in [0.25, 0.3) is 11.1 Å². The number of non-ortho nitro benzene ring substituents is 1. The third-order valence-corrected chi connectivity index (χ3v) is 10.0. The number of hydrogen-bond acceptors (Lipinski definition) is 10. The van der Waals surface area contributed by atoms with Crippen LogP contribution < -0.4 is 15.5 Å². The van der Waals surface area contributed by atoms with Crippen molar-refractivity contribution in [2.75, 3.05) is 50.8 Å². The van der Waals surface area contributed by atoms with E-state index in [4.69, 9.17) is 14.2 Å². The van der Waals surface area contributed by atoms with Crippen molar-refractivity contribution < 1.29 is 33.8 Å². The molecule has 2 aliphatic heterocycles. The SMILES string of the molecule is CCOC(=O)CNC(=O)NCc1ccccc1-c1ccc(C2OC(CN3CCN(c4ccc([N+](=O)[O-])cc4)CC3)C(C)C(c3ccc(CO)cc3)O2)cc1. The van der Waals surface area contributed by atoms with Gasteiger partial charge in [-0.15, -0.1) is 0 Å². The molecule has 284 valence electrons. The molecule has 4 atom stereocenters. The number of piperazine rings is 1. The van der Waals surface area contributed by atoms with Crippen molar-refractivity contribution in [3.63, 3.8) is 0 Å². The monoisotopic (exact) mass is 737 g/mol. The molecule has 0 bridgehead atoms. The number of amides is 2. The van der Waals surface area contributed by atoms with Gasteiger partial charge in [0, 0.05) is 68.6 Å². The lowest BCUT2D eigenvalue weighted by atomic mass is 9.89. The second kappa shape index (κ2) is 18.1. The number of ether oxygens (including phenoxy) is 3. The second-order valence-corrected chi connectivity index (χ2v) is 13.5. The smallest absolute Gasteiger partial charge is 0.325 e. The van der Waals surface area contributed by atoms with Crippen molar-refractivity contribution in [3.8, 4) is 11.1 Å². The topological polar surface area (TPSA) is 156 Å². The lowest BCUT2D eigenvalue weighted by molar-refractivity contribution is -0.384. The molecule has 13 nitrogen and oxygen atoms in total. The summed E-state index contributed by atoms with van der Waals surface area (Å²) < 4.78 is 18.3. The summed E-state index contributed by atoms with van der Waals surface area (Å²) >= 11 is 0. The van der Waals surface area contributed by atoms with E-state index in [0.29, 0.717) is 6.54 Å². The number of urea groups is 1. The quantitative estimate of drug-likeness (QED) is 0.0881. The first-order valence-corrected chi connectivity index (χ1v) is 18.3. The summed E-state index contributed by atoms with van der Waals surface area (Å²) in [6.45, 7) is 8.09. The second-order valence-electron chi connectivity index (χ2n) is 13.5. The molecule has 2 fully saturated rings. The van der Waals surface area contributed by atoms with Crippen molar-refractivity contribution in [1.29, 1.82) is 0 Å². The minimum Gasteiger partial charge on any atom is -0.465 e. The van der Waals surface area contributed by atoms with E-state index in [1.807, 2.05) is 84.9 Å². The van der Waals surface area contributed by atoms with Crippen LogP contribution >= 0.6 is 0 Å². The van der Waals surface area contributed by atoms with Gasteiger partial charge in [-0.3, -0.25) is 19.8 Å². The number of aliphatic hydroxyl groups is 1. The van der Waals surface area contributed by atoms with Gasteiger partial charge >= 0.3 is 12.0 Å². The molecule has 0 aromatic heterocycles. The first-order valence-electron chi connectivity index (χ1n) is 18.3. The first kappa shape index (κ1) is 38.4. The molecule has 0 saturated carbocycles. The van der Waals surface area contributed by atoms with Crippen LogP contribution in [0.15, 0.2) is 97.1 Å². The van der Waals surface area contributed by atoms with E-state index < -0.39 is 18.3 Å². The number of aliphatic hydroxyl groups excluding tert-OH is 1. The summed E-state index contributed by atoms with van der Waals surface area (Å²) in [5.74, 6) is -0.465. The summed E-state index contributed by atoms with van der Waals surface area (Å²) in [5, 5.41) is 26.1. The Kier molecular flexibility index (Phi) is 12.9. The Morgan fingerprint density at radius 2 is 1.57 bits per heavy atom. The molecule has 4 aromatic carbocycles. The molecule has 0 spiro atoms. The van der Waals surface area contributed by atoms with Gasteiger partial charge in [0.1, 0.15) is 6.54 Å². The number of carbonyl (C=O) groups is 2. The fourth-order valence-corrected chi connectivity index (χ4v) is 6.93. The molecule has 54 heavy (non-hydrogen) atoms. The molecule has 3 N–H and O–H groups in total. The molecule has 2 aliphatic rings. The summed E-state index contributed by atoms with van der Waals surface area (Å²) in [6, 6.07) is 30.0. The Balaban J connectivity index is 1.14. The minimum absolute atomic E-state index is 0.0297. The Labute approximate surface area is 315 Å². The highest BCUT2D eigenvalue weighted by Crippen LogP contribution is 2.42. The maximum absolute atomic E-state index is 12.3. The highest BCUT2D eigenvalue weighted by atomic mass is 16.7. The average Bonchev–Trinajstić information content (AvgIpc) is 3.20. The van der Waals surface area contributed by atoms with Gasteiger partial charge in [0.2, 0.25) is 0 Å². The van der Waals surface area contributed by atoms with Gasteiger partial charge in [0.25, 0.3) is 5.69 Å². The Morgan fingerprint density at radius 1 is 0.889 bits per heavy atom. The Bertz CT molecular complexity index is 1860. The maximum Gasteiger partial charge on any atom is 0.325 e. The third-order valence-electron chi connectivity index (χ3n) is 10.0. The van der Waals surface area contributed by atoms with Crippen LogP contribution in [0.3, 0.4) is 0 Å². The van der Waals surface area contributed by atoms with Crippen LogP contribution in [0.5, 0.6) is 0 Å². The summed E-state index contributed by atoms with van der Waals surface area (Å²) in [7, 11) is 0. The van der Waals surface area contributed by atoms with E-state index >= 15 is 0 Å². The number of nitrogens with zero attached hydrogens (tertiary/aromatic N) is 3. The van der Waals surface area contributed by atoms with Crippen LogP contribution in [0.1, 0.15) is 48.5 Å². The van der Waals surface area contributed by atoms with Gasteiger partial charge < -0.3 is 34.9 Å². The molecule has 13 heteroatoms. The number of hydrogen-bond donors (Lipinski definition) is 3. The Morgan fingerprint density at radius 3 is 2.24 bits per heavy atom. The van der Waals surface area contributed by atoms with Crippen LogP contribution in [0.2, 0.25) is 0 Å². The van der Waals surface area contributed by atoms with E-state index in [0.717, 1.165) is 65.2 Å². The first-order chi connectivity index (χ1) is 26.2. The molecular formula is C41H47N5O8. The summed E-state index contributed by atoms with van der Waals surface area (Å²) in [4.78, 5) is 39.3. The number of nitrogens with one attached hydrogen (secondary N) is 2. The van der Waals surface area contributed by atoms with E-state index in [-0.39, 0.29) is 55.0 Å². The fraction of sp³-hybridized carbons (Fsp3) is 0.366. The third kappa shape index (κ3) is 9.60. The van der Waals surface area contributed by atoms with Gasteiger partial charge in [-0.2, -0.15) is 0 Å². The predicted molar refractivity (Wildman–Crippen MR) is 203 cm³/mol. The number of rotatable bonds is 13. The normalized spacial score (nSPS) is 20.2. The summed E-state index contributed by atoms with van der Waals surface area (Å²) in [6.07, 6.45) is -1.01. The number of anilines is 1. The molecular weight excluding hydrogens is 690 g/mol. The van der Waals surface area contributed by atoms with Crippen molar-refractivity contribution >= 4 is 23.4 Å². The number of esters is 1. The van der Waals surface area contributed by atoms with E-state index in [1.165, 1.54) is 0 Å². The van der Waals surface area contributed by atoms with E-state index in [2.05, 4.69) is 27.4 Å². The molecule has 4 aromatic rings. The minimum atomic E-state index is -0.621. The molecule has 0 radical (unpaired) electrons. The van der Waals surface area contributed by atoms with Crippen LogP contribution in [0, 0.1) is 16.0 Å². The van der Waals surface area contributed by atoms with Crippen molar-refractivity contribution in [2.45, 2.75) is 45.5 Å². The van der Waals surface area contributed by atoms with E-state index in [1.54, 1.807) is 19.1 Å². The number of nitro benzene ring substituents is 1. The fourth-order valence-electron chi connectivity index (χ4n) is 6.93. The van der Waals surface area contributed by atoms with Gasteiger partial charge in [-0.05, 0) is 46.9 Å². The zero-order valence-corrected chi connectivity index (χ0v) is 30.6. The zero-order chi connectivity index (χ0) is 38.0. The Hall–Kier alpha value is -5.34. The largest absolute Gasteiger partial charge is 0.465 e. The van der Waals surface area contributed by atoms with Gasteiger partial charge in [0.05, 0.1) is 30.3 Å². The highest BCUT2D eigenvalue weighted by Gasteiger charge is 2.39. The van der Waals surface area contributed by atoms with Crippen LogP contribution in [0.4, 0.5) is 16.2 Å². The van der Waals surface area contributed by atoms with Crippen LogP contribution in [-0.2, 0) is 32.2 Å². The molecule has 0 aliphatic carbocycles.